The van der Waals surface area contributed by atoms with Crippen LogP contribution >= 0.6 is 11.6 Å². The molecule has 1 amide bonds. The molecule has 0 aliphatic rings. The van der Waals surface area contributed by atoms with E-state index in [1.54, 1.807) is 48.7 Å². The van der Waals surface area contributed by atoms with Crippen molar-refractivity contribution in [2.75, 3.05) is 17.7 Å². The van der Waals surface area contributed by atoms with E-state index in [9.17, 15) is 4.79 Å². The topological polar surface area (TPSA) is 87.0 Å². The average molecular weight is 379 g/mol. The Hall–Kier alpha value is -3.56. The van der Waals surface area contributed by atoms with Crippen molar-refractivity contribution in [2.24, 2.45) is 0 Å². The number of nitriles is 1. The minimum atomic E-state index is -0.350. The summed E-state index contributed by atoms with van der Waals surface area (Å²) in [6.07, 6.45) is 3.05. The first-order chi connectivity index (χ1) is 13.1. The van der Waals surface area contributed by atoms with Gasteiger partial charge in [-0.1, -0.05) is 17.7 Å². The van der Waals surface area contributed by atoms with Crippen LogP contribution in [0.25, 0.3) is 0 Å². The summed E-state index contributed by atoms with van der Waals surface area (Å²) in [6, 6.07) is 15.7. The van der Waals surface area contributed by atoms with E-state index in [-0.39, 0.29) is 5.91 Å². The lowest BCUT2D eigenvalue weighted by Gasteiger charge is -2.11. The molecule has 0 saturated carbocycles. The van der Waals surface area contributed by atoms with E-state index in [4.69, 9.17) is 21.6 Å². The second-order valence-corrected chi connectivity index (χ2v) is 6.02. The number of amides is 1. The molecule has 0 radical (unpaired) electrons. The molecule has 7 heteroatoms. The van der Waals surface area contributed by atoms with Crippen LogP contribution in [-0.4, -0.2) is 18.0 Å². The first kappa shape index (κ1) is 18.2. The van der Waals surface area contributed by atoms with E-state index in [1.807, 2.05) is 6.07 Å². The van der Waals surface area contributed by atoms with E-state index < -0.39 is 0 Å². The molecule has 3 aromatic rings. The molecule has 2 N–H and O–H groups in total. The number of nitrogens with zero attached hydrogens (tertiary/aromatic N) is 2. The zero-order chi connectivity index (χ0) is 19.2. The number of carbonyl (C=O) groups excluding carboxylic acids is 1. The summed E-state index contributed by atoms with van der Waals surface area (Å²) in [5.41, 5.74) is 2.71. The standard InChI is InChI=1S/C20H15ClN4O2/c1-27-19-6-5-15(21)9-18(19)25-20(26)14-8-17(12-23-11-14)24-16-4-2-3-13(7-16)10-22/h2-9,11-12,24H,1H3,(H,25,26). The molecule has 134 valence electrons. The van der Waals surface area contributed by atoms with Gasteiger partial charge in [-0.05, 0) is 42.5 Å². The Bertz CT molecular complexity index is 1030. The van der Waals surface area contributed by atoms with E-state index >= 15 is 0 Å². The fourth-order valence-corrected chi connectivity index (χ4v) is 2.61. The van der Waals surface area contributed by atoms with Crippen LogP contribution in [-0.2, 0) is 0 Å². The zero-order valence-electron chi connectivity index (χ0n) is 14.4. The second kappa shape index (κ2) is 8.21. The van der Waals surface area contributed by atoms with Gasteiger partial charge < -0.3 is 15.4 Å². The summed E-state index contributed by atoms with van der Waals surface area (Å²) < 4.78 is 5.23. The third kappa shape index (κ3) is 4.54. The van der Waals surface area contributed by atoms with Crippen molar-refractivity contribution in [3.05, 3.63) is 77.1 Å². The van der Waals surface area contributed by atoms with Crippen molar-refractivity contribution in [1.29, 1.82) is 5.26 Å². The molecular formula is C20H15ClN4O2. The largest absolute Gasteiger partial charge is 0.495 e. The number of benzene rings is 2. The van der Waals surface area contributed by atoms with Gasteiger partial charge in [-0.15, -0.1) is 0 Å². The first-order valence-corrected chi connectivity index (χ1v) is 8.34. The first-order valence-electron chi connectivity index (χ1n) is 7.96. The Labute approximate surface area is 161 Å². The Balaban J connectivity index is 1.80. The summed E-state index contributed by atoms with van der Waals surface area (Å²) in [4.78, 5) is 16.7. The Morgan fingerprint density at radius 3 is 2.78 bits per heavy atom. The molecule has 0 saturated heterocycles. The van der Waals surface area contributed by atoms with Crippen LogP contribution in [0.4, 0.5) is 17.1 Å². The maximum atomic E-state index is 12.6. The third-order valence-electron chi connectivity index (χ3n) is 3.69. The zero-order valence-corrected chi connectivity index (χ0v) is 15.1. The summed E-state index contributed by atoms with van der Waals surface area (Å²) in [7, 11) is 1.51. The van der Waals surface area contributed by atoms with E-state index in [2.05, 4.69) is 21.7 Å². The van der Waals surface area contributed by atoms with Crippen LogP contribution in [0.5, 0.6) is 5.75 Å². The maximum absolute atomic E-state index is 12.6. The number of pyridine rings is 1. The molecule has 0 aliphatic carbocycles. The molecule has 0 unspecified atom stereocenters. The summed E-state index contributed by atoms with van der Waals surface area (Å²) >= 11 is 5.99. The van der Waals surface area contributed by atoms with Crippen LogP contribution in [0.3, 0.4) is 0 Å². The Morgan fingerprint density at radius 1 is 1.15 bits per heavy atom. The molecule has 27 heavy (non-hydrogen) atoms. The third-order valence-corrected chi connectivity index (χ3v) is 3.93. The lowest BCUT2D eigenvalue weighted by Crippen LogP contribution is -2.13. The summed E-state index contributed by atoms with van der Waals surface area (Å²) in [6.45, 7) is 0. The van der Waals surface area contributed by atoms with Gasteiger partial charge in [0.25, 0.3) is 5.91 Å². The number of ether oxygens (including phenoxy) is 1. The monoisotopic (exact) mass is 378 g/mol. The molecule has 0 fully saturated rings. The van der Waals surface area contributed by atoms with E-state index in [0.29, 0.717) is 33.3 Å². The van der Waals surface area contributed by atoms with Gasteiger partial charge >= 0.3 is 0 Å². The summed E-state index contributed by atoms with van der Waals surface area (Å²) in [5.74, 6) is 0.154. The number of aromatic nitrogens is 1. The number of carbonyl (C=O) groups is 1. The Kier molecular flexibility index (Phi) is 5.55. The van der Waals surface area contributed by atoms with E-state index in [0.717, 1.165) is 5.69 Å². The van der Waals surface area contributed by atoms with Crippen molar-refractivity contribution < 1.29 is 9.53 Å². The lowest BCUT2D eigenvalue weighted by atomic mass is 10.2. The average Bonchev–Trinajstić information content (AvgIpc) is 2.68. The van der Waals surface area contributed by atoms with Crippen LogP contribution in [0.2, 0.25) is 5.02 Å². The normalized spacial score (nSPS) is 9.96. The van der Waals surface area contributed by atoms with Crippen molar-refractivity contribution in [2.45, 2.75) is 0 Å². The molecule has 1 aromatic heterocycles. The van der Waals surface area contributed by atoms with Gasteiger partial charge in [0, 0.05) is 16.9 Å². The number of anilines is 3. The molecule has 6 nitrogen and oxygen atoms in total. The maximum Gasteiger partial charge on any atom is 0.257 e. The van der Waals surface area contributed by atoms with Gasteiger partial charge in [0.1, 0.15) is 5.75 Å². The molecule has 1 heterocycles. The smallest absolute Gasteiger partial charge is 0.257 e. The number of halogens is 1. The highest BCUT2D eigenvalue weighted by atomic mass is 35.5. The SMILES string of the molecule is COc1ccc(Cl)cc1NC(=O)c1cncc(Nc2cccc(C#N)c2)c1. The number of hydrogen-bond donors (Lipinski definition) is 2. The second-order valence-electron chi connectivity index (χ2n) is 5.58. The van der Waals surface area contributed by atoms with Crippen LogP contribution in [0.1, 0.15) is 15.9 Å². The Morgan fingerprint density at radius 2 is 2.00 bits per heavy atom. The fraction of sp³-hybridized carbons (Fsp3) is 0.0500. The number of rotatable bonds is 5. The minimum Gasteiger partial charge on any atom is -0.495 e. The van der Waals surface area contributed by atoms with Crippen LogP contribution in [0, 0.1) is 11.3 Å². The van der Waals surface area contributed by atoms with Crippen molar-refractivity contribution in [3.8, 4) is 11.8 Å². The summed E-state index contributed by atoms with van der Waals surface area (Å²) in [5, 5.41) is 15.4. The van der Waals surface area contributed by atoms with Crippen LogP contribution < -0.4 is 15.4 Å². The predicted molar refractivity (Wildman–Crippen MR) is 105 cm³/mol. The molecule has 0 aliphatic heterocycles. The van der Waals surface area contributed by atoms with Crippen molar-refractivity contribution >= 4 is 34.6 Å². The van der Waals surface area contributed by atoms with Gasteiger partial charge in [-0.3, -0.25) is 9.78 Å². The van der Waals surface area contributed by atoms with E-state index in [1.165, 1.54) is 13.3 Å². The quantitative estimate of drug-likeness (QED) is 0.676. The fourth-order valence-electron chi connectivity index (χ4n) is 2.44. The van der Waals surface area contributed by atoms with Crippen molar-refractivity contribution in [1.82, 2.24) is 4.98 Å². The molecule has 0 bridgehead atoms. The highest BCUT2D eigenvalue weighted by Gasteiger charge is 2.11. The van der Waals surface area contributed by atoms with Gasteiger partial charge in [0.05, 0.1) is 41.9 Å². The highest BCUT2D eigenvalue weighted by molar-refractivity contribution is 6.31. The predicted octanol–water partition coefficient (Wildman–Crippen LogP) is 4.61. The van der Waals surface area contributed by atoms with Gasteiger partial charge in [0.15, 0.2) is 0 Å². The van der Waals surface area contributed by atoms with Crippen molar-refractivity contribution in [3.63, 3.8) is 0 Å². The molecular weight excluding hydrogens is 364 g/mol. The molecule has 0 atom stereocenters. The molecule has 3 rings (SSSR count). The van der Waals surface area contributed by atoms with Gasteiger partial charge in [0.2, 0.25) is 0 Å². The van der Waals surface area contributed by atoms with Gasteiger partial charge in [-0.2, -0.15) is 5.26 Å². The minimum absolute atomic E-state index is 0.350. The molecule has 0 spiro atoms. The molecule has 2 aromatic carbocycles. The lowest BCUT2D eigenvalue weighted by molar-refractivity contribution is 0.102. The number of hydrogen-bond acceptors (Lipinski definition) is 5. The highest BCUT2D eigenvalue weighted by Crippen LogP contribution is 2.28. The number of nitrogens with one attached hydrogen (secondary N) is 2. The van der Waals surface area contributed by atoms with Gasteiger partial charge in [-0.25, -0.2) is 0 Å². The van der Waals surface area contributed by atoms with Crippen LogP contribution in [0.15, 0.2) is 60.9 Å². The number of methoxy groups -OCH3 is 1.